The number of benzene rings is 1. The van der Waals surface area contributed by atoms with Gasteiger partial charge in [-0.15, -0.1) is 0 Å². The quantitative estimate of drug-likeness (QED) is 0.337. The molecular formula is C34H44FN5O4S. The minimum absolute atomic E-state index is 0.0188. The fraction of sp³-hybridized carbons (Fsp3) is 0.588. The van der Waals surface area contributed by atoms with E-state index in [9.17, 15) is 18.8 Å². The molecule has 2 aromatic heterocycles. The number of halogens is 1. The van der Waals surface area contributed by atoms with Crippen molar-refractivity contribution in [3.05, 3.63) is 68.7 Å². The Morgan fingerprint density at radius 3 is 2.40 bits per heavy atom. The summed E-state index contributed by atoms with van der Waals surface area (Å²) in [6.07, 6.45) is 9.04. The molecule has 11 heteroatoms. The lowest BCUT2D eigenvalue weighted by atomic mass is 9.90. The summed E-state index contributed by atoms with van der Waals surface area (Å²) in [5, 5.41) is 3.48. The molecule has 6 rings (SSSR count). The molecule has 1 aliphatic carbocycles. The molecule has 3 aliphatic rings. The third-order valence-corrected chi connectivity index (χ3v) is 11.0. The van der Waals surface area contributed by atoms with Crippen LogP contribution in [0.5, 0.6) is 5.75 Å². The summed E-state index contributed by atoms with van der Waals surface area (Å²) in [4.78, 5) is 47.8. The maximum Gasteiger partial charge on any atom is 0.333 e. The molecular weight excluding hydrogens is 593 g/mol. The van der Waals surface area contributed by atoms with Crippen molar-refractivity contribution >= 4 is 28.7 Å². The van der Waals surface area contributed by atoms with Crippen LogP contribution in [0.25, 0.3) is 11.0 Å². The van der Waals surface area contributed by atoms with E-state index < -0.39 is 11.4 Å². The third-order valence-electron chi connectivity index (χ3n) is 9.97. The summed E-state index contributed by atoms with van der Waals surface area (Å²) < 4.78 is 22.6. The highest BCUT2D eigenvalue weighted by molar-refractivity contribution is 7.99. The molecule has 2 aliphatic heterocycles. The predicted molar refractivity (Wildman–Crippen MR) is 176 cm³/mol. The number of thioether (sulfide) groups is 1. The normalized spacial score (nSPS) is 24.6. The van der Waals surface area contributed by atoms with Gasteiger partial charge in [-0.25, -0.2) is 14.2 Å². The number of likely N-dealkylation sites (tertiary alicyclic amines) is 1. The van der Waals surface area contributed by atoms with Crippen molar-refractivity contribution in [3.63, 3.8) is 0 Å². The number of ether oxygens (including phenoxy) is 1. The smallest absolute Gasteiger partial charge is 0.333 e. The van der Waals surface area contributed by atoms with Gasteiger partial charge in [0.05, 0.1) is 24.7 Å². The molecule has 1 aromatic carbocycles. The van der Waals surface area contributed by atoms with Gasteiger partial charge in [-0.2, -0.15) is 11.8 Å². The average molecular weight is 638 g/mol. The van der Waals surface area contributed by atoms with E-state index in [0.29, 0.717) is 25.7 Å². The Balaban J connectivity index is 1.17. The number of carbonyl (C=O) groups is 1. The number of carbonyl (C=O) groups excluding carboxylic acids is 1. The first-order valence-corrected chi connectivity index (χ1v) is 17.6. The lowest BCUT2D eigenvalue weighted by Gasteiger charge is -2.34. The molecule has 2 saturated heterocycles. The molecule has 9 nitrogen and oxygen atoms in total. The minimum Gasteiger partial charge on any atom is -0.497 e. The zero-order valence-corrected chi connectivity index (χ0v) is 27.1. The molecule has 3 aromatic rings. The Kier molecular flexibility index (Phi) is 9.94. The van der Waals surface area contributed by atoms with Crippen LogP contribution in [-0.4, -0.2) is 62.2 Å². The van der Waals surface area contributed by atoms with Crippen molar-refractivity contribution in [1.29, 1.82) is 0 Å². The van der Waals surface area contributed by atoms with Crippen LogP contribution in [0.4, 0.5) is 4.39 Å². The monoisotopic (exact) mass is 637 g/mol. The maximum atomic E-state index is 14.3. The van der Waals surface area contributed by atoms with Gasteiger partial charge in [0.25, 0.3) is 5.56 Å². The summed E-state index contributed by atoms with van der Waals surface area (Å²) in [5.74, 6) is 2.16. The van der Waals surface area contributed by atoms with Gasteiger partial charge in [0.15, 0.2) is 0 Å². The Hall–Kier alpha value is -3.18. The van der Waals surface area contributed by atoms with Crippen molar-refractivity contribution in [2.45, 2.75) is 101 Å². The number of pyridine rings is 1. The summed E-state index contributed by atoms with van der Waals surface area (Å²) in [5.41, 5.74) is 0.657. The summed E-state index contributed by atoms with van der Waals surface area (Å²) in [6, 6.07) is 9.00. The molecule has 1 N–H and O–H groups in total. The van der Waals surface area contributed by atoms with Crippen LogP contribution in [0.2, 0.25) is 0 Å². The van der Waals surface area contributed by atoms with Crippen molar-refractivity contribution < 1.29 is 13.9 Å². The van der Waals surface area contributed by atoms with Crippen LogP contribution in [0.15, 0.2) is 46.1 Å². The van der Waals surface area contributed by atoms with E-state index in [-0.39, 0.29) is 52.8 Å². The average Bonchev–Trinajstić information content (AvgIpc) is 3.49. The molecule has 4 heterocycles. The van der Waals surface area contributed by atoms with Crippen LogP contribution in [0, 0.1) is 5.82 Å². The standard InChI is InChI=1S/C34H44FN5O4S/c1-3-4-17-38-29(22-5-11-27(44-2)12-6-22)13-14-30(38)32(41)37-24-7-9-25(10-8-24)40-33(42)28-20-23(35)21-36-31(28)39(34(40)43)26-15-18-45-19-16-26/h5-6,11-12,20-21,24-26,29-30H,3-4,7-10,13-19H2,1-2H3,(H,37,41)/t24?,25?,29-,30+/m1/s1. The molecule has 0 bridgehead atoms. The van der Waals surface area contributed by atoms with Crippen LogP contribution in [-0.2, 0) is 4.79 Å². The second-order valence-corrected chi connectivity index (χ2v) is 13.9. The van der Waals surface area contributed by atoms with Crippen molar-refractivity contribution in [1.82, 2.24) is 24.3 Å². The zero-order chi connectivity index (χ0) is 31.5. The van der Waals surface area contributed by atoms with Gasteiger partial charge in [0, 0.05) is 24.2 Å². The van der Waals surface area contributed by atoms with Gasteiger partial charge in [-0.3, -0.25) is 23.6 Å². The second kappa shape index (κ2) is 14.1. The van der Waals surface area contributed by atoms with E-state index in [4.69, 9.17) is 4.74 Å². The number of methoxy groups -OCH3 is 1. The summed E-state index contributed by atoms with van der Waals surface area (Å²) >= 11 is 1.85. The number of nitrogens with one attached hydrogen (secondary N) is 1. The number of fused-ring (bicyclic) bond motifs is 1. The number of amides is 1. The molecule has 242 valence electrons. The Labute approximate surface area is 267 Å². The van der Waals surface area contributed by atoms with Crippen molar-refractivity contribution in [2.75, 3.05) is 25.2 Å². The largest absolute Gasteiger partial charge is 0.497 e. The van der Waals surface area contributed by atoms with Gasteiger partial charge in [-0.05, 0) is 99.6 Å². The highest BCUT2D eigenvalue weighted by Crippen LogP contribution is 2.38. The summed E-state index contributed by atoms with van der Waals surface area (Å²) in [6.45, 7) is 3.03. The maximum absolute atomic E-state index is 14.3. The number of rotatable bonds is 9. The van der Waals surface area contributed by atoms with E-state index in [1.165, 1.54) is 16.2 Å². The molecule has 45 heavy (non-hydrogen) atoms. The van der Waals surface area contributed by atoms with Gasteiger partial charge >= 0.3 is 5.69 Å². The fourth-order valence-corrected chi connectivity index (χ4v) is 8.64. The van der Waals surface area contributed by atoms with Crippen LogP contribution < -0.4 is 21.3 Å². The predicted octanol–water partition coefficient (Wildman–Crippen LogP) is 5.38. The number of hydrogen-bond acceptors (Lipinski definition) is 7. The summed E-state index contributed by atoms with van der Waals surface area (Å²) in [7, 11) is 1.66. The molecule has 1 saturated carbocycles. The molecule has 1 amide bonds. The van der Waals surface area contributed by atoms with Crippen LogP contribution in [0.3, 0.4) is 0 Å². The van der Waals surface area contributed by atoms with Gasteiger partial charge in [0.1, 0.15) is 17.2 Å². The lowest BCUT2D eigenvalue weighted by Crippen LogP contribution is -2.49. The Morgan fingerprint density at radius 2 is 1.71 bits per heavy atom. The molecule has 0 spiro atoms. The van der Waals surface area contributed by atoms with Gasteiger partial charge in [-0.1, -0.05) is 25.5 Å². The van der Waals surface area contributed by atoms with E-state index in [1.807, 2.05) is 23.9 Å². The second-order valence-electron chi connectivity index (χ2n) is 12.7. The van der Waals surface area contributed by atoms with E-state index in [1.54, 1.807) is 11.7 Å². The fourth-order valence-electron chi connectivity index (χ4n) is 7.56. The van der Waals surface area contributed by atoms with Crippen LogP contribution >= 0.6 is 11.8 Å². The van der Waals surface area contributed by atoms with Gasteiger partial charge in [0.2, 0.25) is 5.91 Å². The molecule has 3 fully saturated rings. The Morgan fingerprint density at radius 1 is 1.00 bits per heavy atom. The molecule has 0 unspecified atom stereocenters. The topological polar surface area (TPSA) is 98.5 Å². The number of nitrogens with zero attached hydrogens (tertiary/aromatic N) is 4. The highest BCUT2D eigenvalue weighted by Gasteiger charge is 2.39. The lowest BCUT2D eigenvalue weighted by molar-refractivity contribution is -0.127. The van der Waals surface area contributed by atoms with E-state index >= 15 is 0 Å². The number of hydrogen-bond donors (Lipinski definition) is 1. The number of aromatic nitrogens is 3. The first-order chi connectivity index (χ1) is 21.9. The van der Waals surface area contributed by atoms with Crippen molar-refractivity contribution in [2.24, 2.45) is 0 Å². The first kappa shape index (κ1) is 31.8. The third kappa shape index (κ3) is 6.56. The SMILES string of the molecule is CCCCN1[C@@H](c2ccc(OC)cc2)CC[C@H]1C(=O)NC1CCC(n2c(=O)c3cc(F)cnc3n(C3CCSCC3)c2=O)CC1. The Bertz CT molecular complexity index is 1610. The van der Waals surface area contributed by atoms with Crippen LogP contribution in [0.1, 0.15) is 94.8 Å². The van der Waals surface area contributed by atoms with Gasteiger partial charge < -0.3 is 10.1 Å². The first-order valence-electron chi connectivity index (χ1n) is 16.5. The number of unbranched alkanes of at least 4 members (excludes halogenated alkanes) is 1. The van der Waals surface area contributed by atoms with E-state index in [0.717, 1.165) is 68.5 Å². The molecule has 2 atom stereocenters. The van der Waals surface area contributed by atoms with Crippen molar-refractivity contribution in [3.8, 4) is 5.75 Å². The minimum atomic E-state index is -0.587. The highest BCUT2D eigenvalue weighted by atomic mass is 32.2. The van der Waals surface area contributed by atoms with E-state index in [2.05, 4.69) is 34.3 Å². The zero-order valence-electron chi connectivity index (χ0n) is 26.3. The molecule has 0 radical (unpaired) electrons.